The number of rotatable bonds is 12. The van der Waals surface area contributed by atoms with E-state index in [2.05, 4.69) is 115 Å². The van der Waals surface area contributed by atoms with E-state index in [1.807, 2.05) is 69.5 Å². The van der Waals surface area contributed by atoms with Gasteiger partial charge in [-0.15, -0.1) is 11.8 Å². The molecule has 4 aromatic carbocycles. The second kappa shape index (κ2) is 16.5. The zero-order valence-corrected chi connectivity index (χ0v) is 32.2. The van der Waals surface area contributed by atoms with Gasteiger partial charge in [0.2, 0.25) is 0 Å². The Morgan fingerprint density at radius 1 is 0.882 bits per heavy atom. The number of hydrogen-bond acceptors (Lipinski definition) is 5. The molecule has 4 aromatic rings. The van der Waals surface area contributed by atoms with E-state index in [-0.39, 0.29) is 17.2 Å². The standard InChI is InChI=1S/C44H55N3O3S/c1-8-9-28-43(46-41(49)50-42(5,6)7)39(45-29-30-47(43)40(48)38-27-19-20-32(2)34(38)4)31-33(3)51-44(35-21-13-10-14-22-35,36-23-15-11-16-24-36)37-25-17-12-18-26-37/h10-27,33,39,45H,8-9,28-31H2,1-7H3,(H,46,49)/t33-,39?,43?/m0/s1. The molecule has 0 spiro atoms. The van der Waals surface area contributed by atoms with Crippen LogP contribution in [-0.4, -0.2) is 52.5 Å². The Balaban J connectivity index is 1.61. The summed E-state index contributed by atoms with van der Waals surface area (Å²) in [5, 5.41) is 7.24. The highest BCUT2D eigenvalue weighted by atomic mass is 32.2. The van der Waals surface area contributed by atoms with E-state index in [1.165, 1.54) is 16.7 Å². The van der Waals surface area contributed by atoms with Crippen molar-refractivity contribution in [1.82, 2.24) is 15.5 Å². The van der Waals surface area contributed by atoms with Crippen LogP contribution in [0.5, 0.6) is 0 Å². The van der Waals surface area contributed by atoms with Crippen LogP contribution in [0.2, 0.25) is 0 Å². The van der Waals surface area contributed by atoms with Crippen LogP contribution in [0.1, 0.15) is 98.5 Å². The Morgan fingerprint density at radius 2 is 1.43 bits per heavy atom. The highest BCUT2D eigenvalue weighted by Crippen LogP contribution is 2.51. The Morgan fingerprint density at radius 3 is 1.94 bits per heavy atom. The molecule has 270 valence electrons. The van der Waals surface area contributed by atoms with Crippen LogP contribution < -0.4 is 10.6 Å². The van der Waals surface area contributed by atoms with Gasteiger partial charge in [0.15, 0.2) is 0 Å². The molecule has 2 unspecified atom stereocenters. The number of thioether (sulfide) groups is 1. The van der Waals surface area contributed by atoms with E-state index in [4.69, 9.17) is 4.74 Å². The maximum atomic E-state index is 14.7. The summed E-state index contributed by atoms with van der Waals surface area (Å²) >= 11 is 1.92. The average molecular weight is 706 g/mol. The van der Waals surface area contributed by atoms with Crippen molar-refractivity contribution in [3.05, 3.63) is 143 Å². The maximum Gasteiger partial charge on any atom is 0.409 e. The number of carbonyl (C=O) groups excluding carboxylic acids is 2. The second-order valence-corrected chi connectivity index (χ2v) is 16.5. The summed E-state index contributed by atoms with van der Waals surface area (Å²) < 4.78 is 5.41. The summed E-state index contributed by atoms with van der Waals surface area (Å²) in [4.78, 5) is 30.5. The van der Waals surface area contributed by atoms with Crippen molar-refractivity contribution >= 4 is 23.8 Å². The quantitative estimate of drug-likeness (QED) is 0.144. The predicted octanol–water partition coefficient (Wildman–Crippen LogP) is 9.63. The van der Waals surface area contributed by atoms with Gasteiger partial charge in [-0.25, -0.2) is 4.79 Å². The maximum absolute atomic E-state index is 14.7. The fourth-order valence-corrected chi connectivity index (χ4v) is 9.16. The van der Waals surface area contributed by atoms with Gasteiger partial charge in [-0.1, -0.05) is 123 Å². The van der Waals surface area contributed by atoms with Gasteiger partial charge in [0.25, 0.3) is 5.91 Å². The molecule has 6 nitrogen and oxygen atoms in total. The molecule has 51 heavy (non-hydrogen) atoms. The Kier molecular flexibility index (Phi) is 12.4. The van der Waals surface area contributed by atoms with Crippen LogP contribution in [0.25, 0.3) is 0 Å². The number of ether oxygens (including phenoxy) is 1. The highest BCUT2D eigenvalue weighted by Gasteiger charge is 2.51. The van der Waals surface area contributed by atoms with Gasteiger partial charge in [0.1, 0.15) is 11.3 Å². The molecule has 5 rings (SSSR count). The van der Waals surface area contributed by atoms with E-state index in [0.717, 1.165) is 24.0 Å². The van der Waals surface area contributed by atoms with Crippen LogP contribution in [0, 0.1) is 13.8 Å². The summed E-state index contributed by atoms with van der Waals surface area (Å²) in [5.74, 6) is -0.0672. The third-order valence-electron chi connectivity index (χ3n) is 9.98. The van der Waals surface area contributed by atoms with Gasteiger partial charge >= 0.3 is 6.09 Å². The lowest BCUT2D eigenvalue weighted by atomic mass is 9.84. The van der Waals surface area contributed by atoms with Gasteiger partial charge in [0.05, 0.1) is 10.8 Å². The fraction of sp³-hybridized carbons (Fsp3) is 0.409. The van der Waals surface area contributed by atoms with Gasteiger partial charge in [-0.3, -0.25) is 10.1 Å². The second-order valence-electron chi connectivity index (χ2n) is 14.8. The molecule has 2 amide bonds. The average Bonchev–Trinajstić information content (AvgIpc) is 3.11. The first-order valence-corrected chi connectivity index (χ1v) is 19.3. The first-order valence-electron chi connectivity index (χ1n) is 18.4. The number of benzene rings is 4. The van der Waals surface area contributed by atoms with E-state index in [0.29, 0.717) is 31.5 Å². The number of amides is 2. The molecular weight excluding hydrogens is 651 g/mol. The third-order valence-corrected chi connectivity index (χ3v) is 11.6. The monoisotopic (exact) mass is 705 g/mol. The van der Waals surface area contributed by atoms with Crippen molar-refractivity contribution in [1.29, 1.82) is 0 Å². The minimum atomic E-state index is -1.02. The number of nitrogens with zero attached hydrogens (tertiary/aromatic N) is 1. The number of unbranched alkanes of at least 4 members (excludes halogenated alkanes) is 1. The van der Waals surface area contributed by atoms with E-state index in [1.54, 1.807) is 0 Å². The predicted molar refractivity (Wildman–Crippen MR) is 211 cm³/mol. The molecule has 0 bridgehead atoms. The summed E-state index contributed by atoms with van der Waals surface area (Å²) in [5.41, 5.74) is 4.58. The van der Waals surface area contributed by atoms with Gasteiger partial charge in [0, 0.05) is 23.9 Å². The molecule has 0 saturated carbocycles. The summed E-state index contributed by atoms with van der Waals surface area (Å²) in [6.07, 6.45) is 2.51. The molecule has 1 fully saturated rings. The zero-order valence-electron chi connectivity index (χ0n) is 31.4. The first kappa shape index (κ1) is 38.2. The van der Waals surface area contributed by atoms with Crippen molar-refractivity contribution in [2.75, 3.05) is 13.1 Å². The van der Waals surface area contributed by atoms with E-state index in [9.17, 15) is 9.59 Å². The molecule has 0 aromatic heterocycles. The molecule has 2 N–H and O–H groups in total. The van der Waals surface area contributed by atoms with Crippen LogP contribution >= 0.6 is 11.8 Å². The Labute approximate surface area is 309 Å². The van der Waals surface area contributed by atoms with Crippen molar-refractivity contribution in [2.24, 2.45) is 0 Å². The molecule has 1 aliphatic rings. The van der Waals surface area contributed by atoms with Crippen molar-refractivity contribution in [3.63, 3.8) is 0 Å². The molecular formula is C44H55N3O3S. The number of nitrogens with one attached hydrogen (secondary N) is 2. The van der Waals surface area contributed by atoms with Gasteiger partial charge in [-0.2, -0.15) is 0 Å². The van der Waals surface area contributed by atoms with Gasteiger partial charge in [-0.05, 0) is 87.8 Å². The van der Waals surface area contributed by atoms with Crippen molar-refractivity contribution < 1.29 is 14.3 Å². The van der Waals surface area contributed by atoms with E-state index < -0.39 is 22.1 Å². The Hall–Kier alpha value is -4.07. The van der Waals surface area contributed by atoms with Crippen LogP contribution in [0.15, 0.2) is 109 Å². The smallest absolute Gasteiger partial charge is 0.409 e. The van der Waals surface area contributed by atoms with E-state index >= 15 is 0 Å². The highest BCUT2D eigenvalue weighted by molar-refractivity contribution is 8.01. The van der Waals surface area contributed by atoms with Gasteiger partial charge < -0.3 is 15.0 Å². The molecule has 0 aliphatic carbocycles. The molecule has 7 heteroatoms. The number of aryl methyl sites for hydroxylation is 1. The summed E-state index contributed by atoms with van der Waals surface area (Å²) in [6.45, 7) is 15.2. The normalized spacial score (nSPS) is 18.6. The minimum Gasteiger partial charge on any atom is -0.444 e. The molecule has 1 aliphatic heterocycles. The number of piperazine rings is 1. The summed E-state index contributed by atoms with van der Waals surface area (Å²) in [6, 6.07) is 37.8. The summed E-state index contributed by atoms with van der Waals surface area (Å²) in [7, 11) is 0. The minimum absolute atomic E-state index is 0.0672. The number of hydrogen-bond donors (Lipinski definition) is 2. The number of carbonyl (C=O) groups is 2. The zero-order chi connectivity index (χ0) is 36.6. The van der Waals surface area contributed by atoms with Crippen LogP contribution in [0.4, 0.5) is 4.79 Å². The largest absolute Gasteiger partial charge is 0.444 e. The topological polar surface area (TPSA) is 70.7 Å². The lowest BCUT2D eigenvalue weighted by Gasteiger charge is -2.53. The Bertz CT molecular complexity index is 1650. The number of alkyl carbamates (subject to hydrolysis) is 1. The lowest BCUT2D eigenvalue weighted by Crippen LogP contribution is -2.76. The molecule has 0 radical (unpaired) electrons. The van der Waals surface area contributed by atoms with Crippen molar-refractivity contribution in [2.45, 2.75) is 101 Å². The van der Waals surface area contributed by atoms with Crippen LogP contribution in [-0.2, 0) is 9.48 Å². The molecule has 3 atom stereocenters. The molecule has 1 saturated heterocycles. The van der Waals surface area contributed by atoms with Crippen LogP contribution in [0.3, 0.4) is 0 Å². The lowest BCUT2D eigenvalue weighted by molar-refractivity contribution is -0.0189. The third kappa shape index (κ3) is 8.53. The first-order chi connectivity index (χ1) is 24.4. The fourth-order valence-electron chi connectivity index (χ4n) is 7.45. The van der Waals surface area contributed by atoms with Crippen molar-refractivity contribution in [3.8, 4) is 0 Å². The molecule has 1 heterocycles. The SMILES string of the molecule is CCCCC1(NC(=O)OC(C)(C)C)C(C[C@H](C)SC(c2ccccc2)(c2ccccc2)c2ccccc2)NCCN1C(=O)c1cccc(C)c1C.